The second-order valence-corrected chi connectivity index (χ2v) is 7.07. The van der Waals surface area contributed by atoms with Crippen molar-refractivity contribution in [3.63, 3.8) is 0 Å². The van der Waals surface area contributed by atoms with Crippen LogP contribution < -0.4 is 10.6 Å². The first-order valence-corrected chi connectivity index (χ1v) is 9.43. The van der Waals surface area contributed by atoms with E-state index >= 15 is 0 Å². The van der Waals surface area contributed by atoms with E-state index in [0.717, 1.165) is 25.3 Å². The molecule has 0 aromatic carbocycles. The zero-order valence-corrected chi connectivity index (χ0v) is 16.3. The molecule has 6 nitrogen and oxygen atoms in total. The molecule has 1 saturated heterocycles. The Balaban J connectivity index is 2.45. The van der Waals surface area contributed by atoms with Crippen LogP contribution >= 0.6 is 0 Å². The number of likely N-dealkylation sites (tertiary alicyclic amines) is 1. The van der Waals surface area contributed by atoms with Crippen molar-refractivity contribution in [2.45, 2.75) is 65.0 Å². The summed E-state index contributed by atoms with van der Waals surface area (Å²) in [5.41, 5.74) is 0. The summed E-state index contributed by atoms with van der Waals surface area (Å²) in [5.74, 6) is 0.757. The Morgan fingerprint density at radius 2 is 1.88 bits per heavy atom. The van der Waals surface area contributed by atoms with E-state index in [1.807, 2.05) is 0 Å². The second kappa shape index (κ2) is 11.3. The van der Waals surface area contributed by atoms with Crippen LogP contribution in [0.3, 0.4) is 0 Å². The molecule has 0 spiro atoms. The molecule has 0 radical (unpaired) electrons. The van der Waals surface area contributed by atoms with Gasteiger partial charge in [0, 0.05) is 32.7 Å². The van der Waals surface area contributed by atoms with Crippen molar-refractivity contribution in [2.75, 3.05) is 40.3 Å². The highest BCUT2D eigenvalue weighted by molar-refractivity contribution is 5.84. The van der Waals surface area contributed by atoms with Gasteiger partial charge >= 0.3 is 0 Å². The molecule has 1 amide bonds. The zero-order valence-electron chi connectivity index (χ0n) is 16.3. The van der Waals surface area contributed by atoms with Crippen LogP contribution in [0.2, 0.25) is 0 Å². The standard InChI is InChI=1S/C18H37N5O/c1-6-15(2)21-18(20-14-17(24)22(4)5)19-11-10-16(3)23-12-8-7-9-13-23/h15-16H,6-14H2,1-5H3,(H2,19,20,21). The number of nitrogens with zero attached hydrogens (tertiary/aromatic N) is 3. The van der Waals surface area contributed by atoms with Crippen LogP contribution in [0.25, 0.3) is 0 Å². The molecule has 1 aliphatic heterocycles. The minimum atomic E-state index is 0.0157. The number of nitrogens with one attached hydrogen (secondary N) is 2. The van der Waals surface area contributed by atoms with Crippen LogP contribution in [-0.4, -0.2) is 74.0 Å². The molecule has 1 heterocycles. The maximum absolute atomic E-state index is 11.7. The van der Waals surface area contributed by atoms with Gasteiger partial charge in [-0.15, -0.1) is 0 Å². The van der Waals surface area contributed by atoms with Crippen molar-refractivity contribution < 1.29 is 4.79 Å². The van der Waals surface area contributed by atoms with Gasteiger partial charge in [0.05, 0.1) is 0 Å². The summed E-state index contributed by atoms with van der Waals surface area (Å²) in [5, 5.41) is 6.76. The lowest BCUT2D eigenvalue weighted by Crippen LogP contribution is -2.45. The van der Waals surface area contributed by atoms with E-state index < -0.39 is 0 Å². The van der Waals surface area contributed by atoms with Gasteiger partial charge in [-0.2, -0.15) is 0 Å². The largest absolute Gasteiger partial charge is 0.356 e. The first kappa shape index (κ1) is 20.7. The fourth-order valence-corrected chi connectivity index (χ4v) is 2.72. The molecule has 2 N–H and O–H groups in total. The fourth-order valence-electron chi connectivity index (χ4n) is 2.72. The number of likely N-dealkylation sites (N-methyl/N-ethyl adjacent to an activating group) is 1. The third kappa shape index (κ3) is 7.99. The van der Waals surface area contributed by atoms with E-state index in [4.69, 9.17) is 0 Å². The molecule has 1 aliphatic rings. The van der Waals surface area contributed by atoms with Crippen molar-refractivity contribution in [1.29, 1.82) is 0 Å². The minimum Gasteiger partial charge on any atom is -0.356 e. The Morgan fingerprint density at radius 1 is 1.21 bits per heavy atom. The maximum Gasteiger partial charge on any atom is 0.243 e. The fraction of sp³-hybridized carbons (Fsp3) is 0.889. The number of carbonyl (C=O) groups excluding carboxylic acids is 1. The van der Waals surface area contributed by atoms with Gasteiger partial charge in [0.25, 0.3) is 0 Å². The highest BCUT2D eigenvalue weighted by Gasteiger charge is 2.16. The van der Waals surface area contributed by atoms with Gasteiger partial charge in [-0.3, -0.25) is 4.79 Å². The van der Waals surface area contributed by atoms with Crippen molar-refractivity contribution >= 4 is 11.9 Å². The predicted octanol–water partition coefficient (Wildman–Crippen LogP) is 1.67. The summed E-state index contributed by atoms with van der Waals surface area (Å²) in [6, 6.07) is 0.927. The van der Waals surface area contributed by atoms with Gasteiger partial charge in [-0.05, 0) is 52.6 Å². The van der Waals surface area contributed by atoms with Gasteiger partial charge < -0.3 is 20.4 Å². The van der Waals surface area contributed by atoms with Crippen molar-refractivity contribution in [1.82, 2.24) is 20.4 Å². The highest BCUT2D eigenvalue weighted by atomic mass is 16.2. The van der Waals surface area contributed by atoms with E-state index in [1.165, 1.54) is 32.4 Å². The molecular weight excluding hydrogens is 302 g/mol. The third-order valence-corrected chi connectivity index (χ3v) is 4.74. The zero-order chi connectivity index (χ0) is 17.9. The van der Waals surface area contributed by atoms with E-state index in [0.29, 0.717) is 12.1 Å². The summed E-state index contributed by atoms with van der Waals surface area (Å²) in [7, 11) is 3.51. The molecule has 0 aromatic heterocycles. The Bertz CT molecular complexity index is 391. The van der Waals surface area contributed by atoms with Crippen LogP contribution in [0, 0.1) is 0 Å². The van der Waals surface area contributed by atoms with Gasteiger partial charge in [0.2, 0.25) is 5.91 Å². The molecule has 1 rings (SSSR count). The van der Waals surface area contributed by atoms with Crippen LogP contribution in [0.4, 0.5) is 0 Å². The lowest BCUT2D eigenvalue weighted by Gasteiger charge is -2.32. The van der Waals surface area contributed by atoms with Crippen LogP contribution in [0.5, 0.6) is 0 Å². The summed E-state index contributed by atoms with van der Waals surface area (Å²) < 4.78 is 0. The number of rotatable bonds is 8. The topological polar surface area (TPSA) is 60.0 Å². The van der Waals surface area contributed by atoms with Gasteiger partial charge in [0.15, 0.2) is 5.96 Å². The Labute approximate surface area is 148 Å². The summed E-state index contributed by atoms with van der Waals surface area (Å²) in [4.78, 5) is 20.3. The molecule has 1 fully saturated rings. The summed E-state index contributed by atoms with van der Waals surface area (Å²) in [6.07, 6.45) is 6.13. The van der Waals surface area contributed by atoms with Crippen LogP contribution in [-0.2, 0) is 4.79 Å². The number of guanidine groups is 1. The van der Waals surface area contributed by atoms with E-state index in [9.17, 15) is 4.79 Å². The molecule has 0 aliphatic carbocycles. The molecule has 0 aromatic rings. The van der Waals surface area contributed by atoms with Crippen molar-refractivity contribution in [3.8, 4) is 0 Å². The van der Waals surface area contributed by atoms with E-state index in [-0.39, 0.29) is 12.5 Å². The van der Waals surface area contributed by atoms with Gasteiger partial charge in [-0.1, -0.05) is 13.3 Å². The second-order valence-electron chi connectivity index (χ2n) is 7.07. The lowest BCUT2D eigenvalue weighted by molar-refractivity contribution is -0.127. The average Bonchev–Trinajstić information content (AvgIpc) is 2.59. The average molecular weight is 340 g/mol. The number of hydrogen-bond acceptors (Lipinski definition) is 3. The first-order chi connectivity index (χ1) is 11.4. The normalized spacial score (nSPS) is 18.8. The van der Waals surface area contributed by atoms with Gasteiger partial charge in [0.1, 0.15) is 6.54 Å². The molecule has 0 saturated carbocycles. The number of piperidine rings is 1. The molecular formula is C18H37N5O. The van der Waals surface area contributed by atoms with Crippen molar-refractivity contribution in [2.24, 2.45) is 4.99 Å². The monoisotopic (exact) mass is 339 g/mol. The van der Waals surface area contributed by atoms with E-state index in [2.05, 4.69) is 41.3 Å². The number of carbonyl (C=O) groups is 1. The molecule has 2 atom stereocenters. The number of aliphatic imine (C=N–C) groups is 1. The molecule has 24 heavy (non-hydrogen) atoms. The molecule has 6 heteroatoms. The first-order valence-electron chi connectivity index (χ1n) is 9.43. The molecule has 2 unspecified atom stereocenters. The lowest BCUT2D eigenvalue weighted by atomic mass is 10.1. The van der Waals surface area contributed by atoms with Gasteiger partial charge in [-0.25, -0.2) is 4.99 Å². The Kier molecular flexibility index (Phi) is 9.76. The summed E-state index contributed by atoms with van der Waals surface area (Å²) in [6.45, 7) is 10.1. The third-order valence-electron chi connectivity index (χ3n) is 4.74. The smallest absolute Gasteiger partial charge is 0.243 e. The SMILES string of the molecule is CCC(C)NC(=NCC(=O)N(C)C)NCCC(C)N1CCCCC1. The molecule has 140 valence electrons. The number of hydrogen-bond donors (Lipinski definition) is 2. The Morgan fingerprint density at radius 3 is 2.46 bits per heavy atom. The molecule has 0 bridgehead atoms. The maximum atomic E-state index is 11.7. The minimum absolute atomic E-state index is 0.0157. The number of amides is 1. The predicted molar refractivity (Wildman–Crippen MR) is 101 cm³/mol. The highest BCUT2D eigenvalue weighted by Crippen LogP contribution is 2.13. The van der Waals surface area contributed by atoms with Crippen LogP contribution in [0.1, 0.15) is 52.9 Å². The Hall–Kier alpha value is -1.30. The summed E-state index contributed by atoms with van der Waals surface area (Å²) >= 11 is 0. The van der Waals surface area contributed by atoms with E-state index in [1.54, 1.807) is 19.0 Å². The van der Waals surface area contributed by atoms with Crippen molar-refractivity contribution in [3.05, 3.63) is 0 Å². The van der Waals surface area contributed by atoms with Crippen LogP contribution in [0.15, 0.2) is 4.99 Å². The quantitative estimate of drug-likeness (QED) is 0.522.